The minimum Gasteiger partial charge on any atom is -0.356 e. The maximum atomic E-state index is 11.8. The summed E-state index contributed by atoms with van der Waals surface area (Å²) in [6.07, 6.45) is 3.65. The van der Waals surface area contributed by atoms with Gasteiger partial charge in [0.2, 0.25) is 5.91 Å². The smallest absolute Gasteiger partial charge is 0.224 e. The molecule has 4 nitrogen and oxygen atoms in total. The van der Waals surface area contributed by atoms with Crippen molar-refractivity contribution in [1.82, 2.24) is 5.32 Å². The lowest BCUT2D eigenvalue weighted by Crippen LogP contribution is -2.36. The van der Waals surface area contributed by atoms with Crippen LogP contribution in [0.3, 0.4) is 0 Å². The maximum Gasteiger partial charge on any atom is 0.224 e. The molecule has 0 aromatic heterocycles. The minimum atomic E-state index is -2.98. The van der Waals surface area contributed by atoms with E-state index in [9.17, 15) is 13.2 Å². The molecule has 0 spiro atoms. The minimum absolute atomic E-state index is 0.00774. The molecule has 1 heterocycles. The Hall–Kier alpha value is -0.290. The number of sulfone groups is 1. The van der Waals surface area contributed by atoms with Gasteiger partial charge in [0.1, 0.15) is 0 Å². The molecule has 2 fully saturated rings. The normalized spacial score (nSPS) is 35.9. The van der Waals surface area contributed by atoms with Crippen molar-refractivity contribution in [2.75, 3.05) is 18.1 Å². The van der Waals surface area contributed by atoms with Crippen molar-refractivity contribution >= 4 is 27.3 Å². The third-order valence-electron chi connectivity index (χ3n) is 3.71. The molecule has 2 aliphatic rings. The average Bonchev–Trinajstić information content (AvgIpc) is 2.81. The summed E-state index contributed by atoms with van der Waals surface area (Å²) in [4.78, 5) is 11.8. The van der Waals surface area contributed by atoms with Gasteiger partial charge in [-0.15, -0.1) is 11.6 Å². The highest BCUT2D eigenvalue weighted by atomic mass is 35.5. The SMILES string of the molecule is O=C(NCC1CCCC1Cl)C1CCS(=O)(=O)C1. The van der Waals surface area contributed by atoms with Crippen LogP contribution in [0.5, 0.6) is 0 Å². The molecule has 6 heteroatoms. The van der Waals surface area contributed by atoms with E-state index in [1.807, 2.05) is 0 Å². The molecule has 17 heavy (non-hydrogen) atoms. The van der Waals surface area contributed by atoms with Gasteiger partial charge in [0.25, 0.3) is 0 Å². The summed E-state index contributed by atoms with van der Waals surface area (Å²) < 4.78 is 22.5. The predicted octanol–water partition coefficient (Wildman–Crippen LogP) is 0.945. The molecule has 2 rings (SSSR count). The Kier molecular flexibility index (Phi) is 3.98. The van der Waals surface area contributed by atoms with E-state index in [0.29, 0.717) is 18.9 Å². The number of nitrogens with one attached hydrogen (secondary N) is 1. The Labute approximate surface area is 107 Å². The summed E-state index contributed by atoms with van der Waals surface area (Å²) in [5.41, 5.74) is 0. The third-order valence-corrected chi connectivity index (χ3v) is 6.05. The monoisotopic (exact) mass is 279 g/mol. The zero-order chi connectivity index (χ0) is 12.5. The van der Waals surface area contributed by atoms with Gasteiger partial charge in [0, 0.05) is 11.9 Å². The molecule has 1 saturated heterocycles. The first-order valence-electron chi connectivity index (χ1n) is 6.10. The highest BCUT2D eigenvalue weighted by Crippen LogP contribution is 2.29. The molecule has 0 aromatic rings. The Bertz CT molecular complexity index is 396. The Balaban J connectivity index is 1.78. The number of rotatable bonds is 3. The fourth-order valence-electron chi connectivity index (χ4n) is 2.60. The molecule has 1 aliphatic carbocycles. The predicted molar refractivity (Wildman–Crippen MR) is 66.8 cm³/mol. The molecule has 3 unspecified atom stereocenters. The van der Waals surface area contributed by atoms with Gasteiger partial charge in [-0.05, 0) is 25.2 Å². The van der Waals surface area contributed by atoms with Gasteiger partial charge in [-0.3, -0.25) is 4.79 Å². The van der Waals surface area contributed by atoms with E-state index in [2.05, 4.69) is 5.32 Å². The van der Waals surface area contributed by atoms with Gasteiger partial charge in [-0.25, -0.2) is 8.42 Å². The quantitative estimate of drug-likeness (QED) is 0.782. The Morgan fingerprint density at radius 3 is 2.59 bits per heavy atom. The van der Waals surface area contributed by atoms with Crippen LogP contribution >= 0.6 is 11.6 Å². The number of carbonyl (C=O) groups excluding carboxylic acids is 1. The lowest BCUT2D eigenvalue weighted by atomic mass is 10.1. The molecule has 1 saturated carbocycles. The lowest BCUT2D eigenvalue weighted by molar-refractivity contribution is -0.124. The molecule has 98 valence electrons. The second-order valence-corrected chi connectivity index (χ2v) is 7.84. The van der Waals surface area contributed by atoms with Crippen molar-refractivity contribution in [3.8, 4) is 0 Å². The summed E-state index contributed by atoms with van der Waals surface area (Å²) in [5, 5.41) is 3.00. The zero-order valence-corrected chi connectivity index (χ0v) is 11.3. The van der Waals surface area contributed by atoms with Crippen LogP contribution in [-0.2, 0) is 14.6 Å². The standard InChI is InChI=1S/C11H18ClNO3S/c12-10-3-1-2-8(10)6-13-11(14)9-4-5-17(15,16)7-9/h8-10H,1-7H2,(H,13,14). The highest BCUT2D eigenvalue weighted by molar-refractivity contribution is 7.91. The largest absolute Gasteiger partial charge is 0.356 e. The van der Waals surface area contributed by atoms with E-state index < -0.39 is 9.84 Å². The van der Waals surface area contributed by atoms with Crippen molar-refractivity contribution < 1.29 is 13.2 Å². The number of carbonyl (C=O) groups is 1. The molecule has 0 aromatic carbocycles. The molecule has 1 amide bonds. The van der Waals surface area contributed by atoms with Crippen molar-refractivity contribution in [2.24, 2.45) is 11.8 Å². The van der Waals surface area contributed by atoms with E-state index in [4.69, 9.17) is 11.6 Å². The second kappa shape index (κ2) is 5.14. The van der Waals surface area contributed by atoms with Gasteiger partial charge in [-0.1, -0.05) is 6.42 Å². The van der Waals surface area contributed by atoms with Gasteiger partial charge in [0.15, 0.2) is 9.84 Å². The van der Waals surface area contributed by atoms with Gasteiger partial charge in [0.05, 0.1) is 17.4 Å². The number of hydrogen-bond donors (Lipinski definition) is 1. The van der Waals surface area contributed by atoms with Gasteiger partial charge < -0.3 is 5.32 Å². The summed E-state index contributed by atoms with van der Waals surface area (Å²) >= 11 is 6.12. The molecular weight excluding hydrogens is 262 g/mol. The van der Waals surface area contributed by atoms with E-state index in [0.717, 1.165) is 19.3 Å². The fraction of sp³-hybridized carbons (Fsp3) is 0.909. The van der Waals surface area contributed by atoms with Crippen LogP contribution in [0.2, 0.25) is 0 Å². The van der Waals surface area contributed by atoms with E-state index in [-0.39, 0.29) is 28.7 Å². The van der Waals surface area contributed by atoms with Gasteiger partial charge >= 0.3 is 0 Å². The topological polar surface area (TPSA) is 63.2 Å². The highest BCUT2D eigenvalue weighted by Gasteiger charge is 2.33. The Morgan fingerprint density at radius 1 is 1.29 bits per heavy atom. The number of hydrogen-bond acceptors (Lipinski definition) is 3. The average molecular weight is 280 g/mol. The third kappa shape index (κ3) is 3.35. The molecule has 1 aliphatic heterocycles. The summed E-state index contributed by atoms with van der Waals surface area (Å²) in [7, 11) is -2.98. The molecule has 0 radical (unpaired) electrons. The Morgan fingerprint density at radius 2 is 2.06 bits per heavy atom. The van der Waals surface area contributed by atoms with Crippen LogP contribution in [-0.4, -0.2) is 37.8 Å². The van der Waals surface area contributed by atoms with Crippen LogP contribution < -0.4 is 5.32 Å². The molecule has 1 N–H and O–H groups in total. The first-order valence-corrected chi connectivity index (χ1v) is 8.36. The van der Waals surface area contributed by atoms with Crippen molar-refractivity contribution in [2.45, 2.75) is 31.1 Å². The van der Waals surface area contributed by atoms with Crippen LogP contribution in [0, 0.1) is 11.8 Å². The summed E-state index contributed by atoms with van der Waals surface area (Å²) in [6.45, 7) is 0.587. The molecule has 3 atom stereocenters. The van der Waals surface area contributed by atoms with E-state index in [1.54, 1.807) is 0 Å². The summed E-state index contributed by atoms with van der Waals surface area (Å²) in [5.74, 6) is 0.0242. The second-order valence-electron chi connectivity index (χ2n) is 5.05. The van der Waals surface area contributed by atoms with Crippen LogP contribution in [0.4, 0.5) is 0 Å². The molecular formula is C11H18ClNO3S. The van der Waals surface area contributed by atoms with Crippen LogP contribution in [0.25, 0.3) is 0 Å². The van der Waals surface area contributed by atoms with Gasteiger partial charge in [-0.2, -0.15) is 0 Å². The number of amides is 1. The van der Waals surface area contributed by atoms with Crippen molar-refractivity contribution in [3.05, 3.63) is 0 Å². The first kappa shape index (κ1) is 13.1. The van der Waals surface area contributed by atoms with Crippen molar-refractivity contribution in [3.63, 3.8) is 0 Å². The van der Waals surface area contributed by atoms with E-state index >= 15 is 0 Å². The molecule has 0 bridgehead atoms. The number of halogens is 1. The van der Waals surface area contributed by atoms with E-state index in [1.165, 1.54) is 0 Å². The lowest BCUT2D eigenvalue weighted by Gasteiger charge is -2.16. The summed E-state index contributed by atoms with van der Waals surface area (Å²) in [6, 6.07) is 0. The van der Waals surface area contributed by atoms with Crippen LogP contribution in [0.1, 0.15) is 25.7 Å². The van der Waals surface area contributed by atoms with Crippen LogP contribution in [0.15, 0.2) is 0 Å². The first-order chi connectivity index (χ1) is 7.98. The fourth-order valence-corrected chi connectivity index (χ4v) is 4.71. The zero-order valence-electron chi connectivity index (χ0n) is 9.69. The maximum absolute atomic E-state index is 11.8. The van der Waals surface area contributed by atoms with Crippen molar-refractivity contribution in [1.29, 1.82) is 0 Å². The number of alkyl halides is 1.